The molecule has 5 nitrogen and oxygen atoms in total. The summed E-state index contributed by atoms with van der Waals surface area (Å²) in [7, 11) is 1.53. The fourth-order valence-corrected chi connectivity index (χ4v) is 3.45. The van der Waals surface area contributed by atoms with Crippen molar-refractivity contribution in [1.29, 1.82) is 0 Å². The van der Waals surface area contributed by atoms with Crippen molar-refractivity contribution in [3.63, 3.8) is 0 Å². The number of halogens is 1. The lowest BCUT2D eigenvalue weighted by Gasteiger charge is -2.26. The molecule has 0 spiro atoms. The molecule has 24 heavy (non-hydrogen) atoms. The van der Waals surface area contributed by atoms with Gasteiger partial charge in [-0.3, -0.25) is 9.59 Å². The average Bonchev–Trinajstić information content (AvgIpc) is 2.58. The van der Waals surface area contributed by atoms with Crippen molar-refractivity contribution in [3.05, 3.63) is 22.7 Å². The molecule has 7 heteroatoms. The Kier molecular flexibility index (Phi) is 7.24. The van der Waals surface area contributed by atoms with Gasteiger partial charge in [-0.05, 0) is 37.8 Å². The molecule has 0 radical (unpaired) electrons. The predicted octanol–water partition coefficient (Wildman–Crippen LogP) is 3.34. The zero-order valence-electron chi connectivity index (χ0n) is 14.1. The zero-order chi connectivity index (χ0) is 17.5. The third kappa shape index (κ3) is 5.31. The van der Waals surface area contributed by atoms with E-state index in [4.69, 9.17) is 16.3 Å². The number of rotatable bonds is 6. The van der Waals surface area contributed by atoms with Gasteiger partial charge in [0.15, 0.2) is 0 Å². The van der Waals surface area contributed by atoms with Crippen LogP contribution in [-0.2, 0) is 9.59 Å². The highest BCUT2D eigenvalue weighted by molar-refractivity contribution is 8.00. The molecule has 0 atom stereocenters. The Labute approximate surface area is 152 Å². The molecule has 0 unspecified atom stereocenters. The van der Waals surface area contributed by atoms with Gasteiger partial charge in [0.25, 0.3) is 0 Å². The van der Waals surface area contributed by atoms with Gasteiger partial charge in [0, 0.05) is 24.2 Å². The van der Waals surface area contributed by atoms with E-state index >= 15 is 0 Å². The van der Waals surface area contributed by atoms with Crippen molar-refractivity contribution in [3.8, 4) is 5.75 Å². The van der Waals surface area contributed by atoms with Crippen LogP contribution in [0.2, 0.25) is 5.02 Å². The number of benzene rings is 1. The Morgan fingerprint density at radius 2 is 1.96 bits per heavy atom. The number of likely N-dealkylation sites (tertiary alicyclic amines) is 1. The molecule has 1 saturated heterocycles. The van der Waals surface area contributed by atoms with E-state index in [0.717, 1.165) is 31.5 Å². The highest BCUT2D eigenvalue weighted by Crippen LogP contribution is 2.31. The van der Waals surface area contributed by atoms with Crippen LogP contribution in [0.25, 0.3) is 0 Å². The molecule has 1 N–H and O–H groups in total. The number of carbonyl (C=O) groups excluding carboxylic acids is 2. The van der Waals surface area contributed by atoms with Crippen LogP contribution in [0.4, 0.5) is 5.69 Å². The third-order valence-corrected chi connectivity index (χ3v) is 5.25. The Morgan fingerprint density at radius 3 is 2.62 bits per heavy atom. The number of piperidine rings is 1. The minimum Gasteiger partial charge on any atom is -0.495 e. The van der Waals surface area contributed by atoms with E-state index in [1.165, 1.54) is 25.3 Å². The second-order valence-electron chi connectivity index (χ2n) is 5.78. The Hall–Kier alpha value is -1.40. The number of thioether (sulfide) groups is 1. The first-order chi connectivity index (χ1) is 11.5. The maximum atomic E-state index is 12.1. The molecule has 1 aliphatic heterocycles. The normalized spacial score (nSPS) is 14.4. The Bertz CT molecular complexity index is 604. The number of hydrogen-bond acceptors (Lipinski definition) is 4. The van der Waals surface area contributed by atoms with Gasteiger partial charge in [0.05, 0.1) is 24.3 Å². The zero-order valence-corrected chi connectivity index (χ0v) is 15.6. The number of anilines is 1. The van der Waals surface area contributed by atoms with E-state index < -0.39 is 0 Å². The van der Waals surface area contributed by atoms with Crippen LogP contribution >= 0.6 is 23.4 Å². The summed E-state index contributed by atoms with van der Waals surface area (Å²) in [5.74, 6) is 1.04. The van der Waals surface area contributed by atoms with Gasteiger partial charge < -0.3 is 15.0 Å². The summed E-state index contributed by atoms with van der Waals surface area (Å²) >= 11 is 7.39. The molecule has 1 aromatic carbocycles. The molecule has 0 aliphatic carbocycles. The standard InChI is InChI=1S/C17H23ClN2O3S/c1-12-8-14(15(23-2)9-13(12)18)19-16(21)10-24-11-17(22)20-6-4-3-5-7-20/h8-9H,3-7,10-11H2,1-2H3,(H,19,21). The van der Waals surface area contributed by atoms with Crippen molar-refractivity contribution in [2.75, 3.05) is 37.0 Å². The van der Waals surface area contributed by atoms with Gasteiger partial charge in [-0.15, -0.1) is 11.8 Å². The molecule has 0 aromatic heterocycles. The maximum Gasteiger partial charge on any atom is 0.234 e. The molecule has 132 valence electrons. The molecular formula is C17H23ClN2O3S. The van der Waals surface area contributed by atoms with Crippen molar-refractivity contribution < 1.29 is 14.3 Å². The third-order valence-electron chi connectivity index (χ3n) is 3.92. The van der Waals surface area contributed by atoms with Crippen molar-refractivity contribution in [2.24, 2.45) is 0 Å². The first-order valence-corrected chi connectivity index (χ1v) is 9.54. The van der Waals surface area contributed by atoms with Crippen LogP contribution in [0.5, 0.6) is 5.75 Å². The van der Waals surface area contributed by atoms with E-state index in [0.29, 0.717) is 22.2 Å². The molecule has 2 rings (SSSR count). The lowest BCUT2D eigenvalue weighted by molar-refractivity contribution is -0.129. The highest BCUT2D eigenvalue weighted by Gasteiger charge is 2.17. The minimum absolute atomic E-state index is 0.118. The van der Waals surface area contributed by atoms with Gasteiger partial charge >= 0.3 is 0 Å². The van der Waals surface area contributed by atoms with E-state index in [1.54, 1.807) is 12.1 Å². The monoisotopic (exact) mass is 370 g/mol. The van der Waals surface area contributed by atoms with Crippen LogP contribution in [0, 0.1) is 6.92 Å². The minimum atomic E-state index is -0.161. The highest BCUT2D eigenvalue weighted by atomic mass is 35.5. The molecule has 2 amide bonds. The summed E-state index contributed by atoms with van der Waals surface area (Å²) in [6.07, 6.45) is 3.35. The van der Waals surface area contributed by atoms with Crippen LogP contribution in [0.15, 0.2) is 12.1 Å². The molecule has 1 aromatic rings. The molecule has 0 bridgehead atoms. The number of methoxy groups -OCH3 is 1. The average molecular weight is 371 g/mol. The summed E-state index contributed by atoms with van der Waals surface area (Å²) in [6, 6.07) is 3.46. The van der Waals surface area contributed by atoms with Gasteiger partial charge in [-0.25, -0.2) is 0 Å². The summed E-state index contributed by atoms with van der Waals surface area (Å²) in [5.41, 5.74) is 1.45. The van der Waals surface area contributed by atoms with Gasteiger partial charge in [0.1, 0.15) is 5.75 Å². The van der Waals surface area contributed by atoms with E-state index in [1.807, 2.05) is 11.8 Å². The molecule has 0 saturated carbocycles. The SMILES string of the molecule is COc1cc(Cl)c(C)cc1NC(=O)CSCC(=O)N1CCCCC1. The number of carbonyl (C=O) groups is 2. The fraction of sp³-hybridized carbons (Fsp3) is 0.529. The number of amides is 2. The first kappa shape index (κ1) is 18.9. The number of hydrogen-bond donors (Lipinski definition) is 1. The second-order valence-corrected chi connectivity index (χ2v) is 7.18. The van der Waals surface area contributed by atoms with Crippen LogP contribution in [-0.4, -0.2) is 48.4 Å². The quantitative estimate of drug-likeness (QED) is 0.834. The molecular weight excluding hydrogens is 348 g/mol. The Balaban J connectivity index is 1.81. The van der Waals surface area contributed by atoms with Crippen molar-refractivity contribution in [2.45, 2.75) is 26.2 Å². The van der Waals surface area contributed by atoms with Gasteiger partial charge in [-0.2, -0.15) is 0 Å². The second kappa shape index (κ2) is 9.18. The topological polar surface area (TPSA) is 58.6 Å². The number of ether oxygens (including phenoxy) is 1. The molecule has 1 heterocycles. The lowest BCUT2D eigenvalue weighted by Crippen LogP contribution is -2.37. The molecule has 1 aliphatic rings. The summed E-state index contributed by atoms with van der Waals surface area (Å²) in [6.45, 7) is 3.54. The van der Waals surface area contributed by atoms with Gasteiger partial charge in [-0.1, -0.05) is 11.6 Å². The maximum absolute atomic E-state index is 12.1. The van der Waals surface area contributed by atoms with Crippen molar-refractivity contribution >= 4 is 40.9 Å². The summed E-state index contributed by atoms with van der Waals surface area (Å²) in [5, 5.41) is 3.40. The number of nitrogens with one attached hydrogen (secondary N) is 1. The van der Waals surface area contributed by atoms with Crippen LogP contribution < -0.4 is 10.1 Å². The van der Waals surface area contributed by atoms with Crippen molar-refractivity contribution in [1.82, 2.24) is 4.90 Å². The Morgan fingerprint density at radius 1 is 1.25 bits per heavy atom. The number of nitrogens with zero attached hydrogens (tertiary/aromatic N) is 1. The van der Waals surface area contributed by atoms with E-state index in [9.17, 15) is 9.59 Å². The van der Waals surface area contributed by atoms with Crippen LogP contribution in [0.3, 0.4) is 0 Å². The lowest BCUT2D eigenvalue weighted by atomic mass is 10.1. The summed E-state index contributed by atoms with van der Waals surface area (Å²) < 4.78 is 5.24. The predicted molar refractivity (Wildman–Crippen MR) is 99.1 cm³/mol. The smallest absolute Gasteiger partial charge is 0.234 e. The first-order valence-electron chi connectivity index (χ1n) is 8.00. The van der Waals surface area contributed by atoms with E-state index in [-0.39, 0.29) is 17.6 Å². The summed E-state index contributed by atoms with van der Waals surface area (Å²) in [4.78, 5) is 26.0. The van der Waals surface area contributed by atoms with E-state index in [2.05, 4.69) is 5.32 Å². The fourth-order valence-electron chi connectivity index (χ4n) is 2.58. The van der Waals surface area contributed by atoms with Gasteiger partial charge in [0.2, 0.25) is 11.8 Å². The largest absolute Gasteiger partial charge is 0.495 e. The van der Waals surface area contributed by atoms with Crippen LogP contribution in [0.1, 0.15) is 24.8 Å². The molecule has 1 fully saturated rings. The number of aryl methyl sites for hydroxylation is 1.